The maximum atomic E-state index is 9.01. The Morgan fingerprint density at radius 2 is 2.18 bits per heavy atom. The zero-order valence-corrected chi connectivity index (χ0v) is 7.15. The maximum Gasteiger partial charge on any atom is 0.117 e. The lowest BCUT2D eigenvalue weighted by Crippen LogP contribution is -1.65. The van der Waals surface area contributed by atoms with Crippen LogP contribution in [0.3, 0.4) is 0 Å². The van der Waals surface area contributed by atoms with E-state index in [1.807, 2.05) is 6.07 Å². The van der Waals surface area contributed by atoms with E-state index in [0.717, 1.165) is 10.2 Å². The molecule has 1 N–H and O–H groups in total. The van der Waals surface area contributed by atoms with Crippen LogP contribution < -0.4 is 0 Å². The molecule has 0 radical (unpaired) electrons. The summed E-state index contributed by atoms with van der Waals surface area (Å²) in [5.74, 6) is 0.276. The molecule has 0 atom stereocenters. The van der Waals surface area contributed by atoms with Gasteiger partial charge in [-0.2, -0.15) is 0 Å². The van der Waals surface area contributed by atoms with E-state index in [1.165, 1.54) is 0 Å². The van der Waals surface area contributed by atoms with Gasteiger partial charge in [0.2, 0.25) is 0 Å². The Kier molecular flexibility index (Phi) is 2.31. The van der Waals surface area contributed by atoms with Crippen LogP contribution in [0.15, 0.2) is 23.7 Å². The van der Waals surface area contributed by atoms with Crippen molar-refractivity contribution < 1.29 is 5.11 Å². The van der Waals surface area contributed by atoms with Crippen molar-refractivity contribution in [2.24, 2.45) is 0 Å². The van der Waals surface area contributed by atoms with Crippen molar-refractivity contribution in [3.63, 3.8) is 0 Å². The highest BCUT2D eigenvalue weighted by Gasteiger charge is 1.95. The fourth-order valence-corrected chi connectivity index (χ4v) is 1.51. The number of aromatic nitrogens is 1. The first-order chi connectivity index (χ1) is 4.86. The predicted octanol–water partition coefficient (Wildman–Crippen LogP) is 2.42. The van der Waals surface area contributed by atoms with Crippen LogP contribution in [-0.4, -0.2) is 10.1 Å². The lowest BCUT2D eigenvalue weighted by Gasteiger charge is -1.87. The molecule has 0 bridgehead atoms. The smallest absolute Gasteiger partial charge is 0.117 e. The summed E-state index contributed by atoms with van der Waals surface area (Å²) in [4.78, 5) is 4.04. The summed E-state index contributed by atoms with van der Waals surface area (Å²) < 4.78 is 1.11. The zero-order chi connectivity index (χ0) is 6.97. The fraction of sp³-hybridized carbons (Fsp3) is 0. The molecule has 0 unspecified atom stereocenters. The van der Waals surface area contributed by atoms with Crippen molar-refractivity contribution in [1.82, 2.24) is 4.98 Å². The van der Waals surface area contributed by atoms with Gasteiger partial charge in [0.1, 0.15) is 5.75 Å². The Labute approximate surface area is 73.9 Å². The van der Waals surface area contributed by atoms with Crippen molar-refractivity contribution >= 4 is 34.0 Å². The number of hydrogen-bond acceptors (Lipinski definition) is 3. The van der Waals surface area contributed by atoms with Gasteiger partial charge in [-0.15, -0.1) is 23.7 Å². The molecule has 2 nitrogen and oxygen atoms in total. The normalized spacial score (nSPS) is 9.45. The lowest BCUT2D eigenvalue weighted by atomic mass is 10.3. The molecule has 58 valence electrons. The number of rotatable bonds is 0. The monoisotopic (exact) mass is 187 g/mol. The van der Waals surface area contributed by atoms with Gasteiger partial charge in [-0.3, -0.25) is 0 Å². The first kappa shape index (κ1) is 8.30. The van der Waals surface area contributed by atoms with Crippen LogP contribution in [0, 0.1) is 0 Å². The van der Waals surface area contributed by atoms with E-state index in [0.29, 0.717) is 0 Å². The highest BCUT2D eigenvalue weighted by atomic mass is 35.5. The Balaban J connectivity index is 0.000000605. The van der Waals surface area contributed by atoms with Crippen LogP contribution in [0.25, 0.3) is 10.2 Å². The average Bonchev–Trinajstić information content (AvgIpc) is 2.33. The number of thiazole rings is 1. The molecule has 0 aliphatic carbocycles. The Morgan fingerprint density at radius 1 is 1.36 bits per heavy atom. The fourth-order valence-electron chi connectivity index (χ4n) is 0.846. The summed E-state index contributed by atoms with van der Waals surface area (Å²) in [6, 6.07) is 5.19. The summed E-state index contributed by atoms with van der Waals surface area (Å²) in [5, 5.41) is 9.01. The van der Waals surface area contributed by atoms with E-state index in [4.69, 9.17) is 5.11 Å². The molecule has 4 heteroatoms. The third-order valence-corrected chi connectivity index (χ3v) is 2.12. The van der Waals surface area contributed by atoms with Crippen LogP contribution in [0.5, 0.6) is 5.75 Å². The highest BCUT2D eigenvalue weighted by molar-refractivity contribution is 7.16. The number of aromatic hydroxyl groups is 1. The molecule has 0 aliphatic rings. The number of phenolic OH excluding ortho intramolecular Hbond substituents is 1. The Bertz CT molecular complexity index is 360. The number of hydrogen-bond donors (Lipinski definition) is 1. The van der Waals surface area contributed by atoms with E-state index in [2.05, 4.69) is 4.98 Å². The third kappa shape index (κ3) is 1.44. The SMILES string of the molecule is Cl.Oc1ccc2scnc2c1. The maximum absolute atomic E-state index is 9.01. The minimum absolute atomic E-state index is 0. The standard InChI is InChI=1S/C7H5NOS.ClH/c9-5-1-2-7-6(3-5)8-4-10-7;/h1-4,9H;1H. The molecule has 11 heavy (non-hydrogen) atoms. The van der Waals surface area contributed by atoms with E-state index in [9.17, 15) is 0 Å². The topological polar surface area (TPSA) is 33.1 Å². The van der Waals surface area contributed by atoms with Gasteiger partial charge in [0.05, 0.1) is 15.7 Å². The largest absolute Gasteiger partial charge is 0.508 e. The van der Waals surface area contributed by atoms with Crippen LogP contribution in [0.4, 0.5) is 0 Å². The van der Waals surface area contributed by atoms with E-state index in [-0.39, 0.29) is 18.2 Å². The molecule has 1 aromatic carbocycles. The highest BCUT2D eigenvalue weighted by Crippen LogP contribution is 2.21. The quantitative estimate of drug-likeness (QED) is 0.687. The summed E-state index contributed by atoms with van der Waals surface area (Å²) in [7, 11) is 0. The summed E-state index contributed by atoms with van der Waals surface area (Å²) >= 11 is 1.57. The van der Waals surface area contributed by atoms with Gasteiger partial charge >= 0.3 is 0 Å². The predicted molar refractivity (Wildman–Crippen MR) is 48.5 cm³/mol. The van der Waals surface area contributed by atoms with E-state index >= 15 is 0 Å². The second kappa shape index (κ2) is 3.07. The summed E-state index contributed by atoms with van der Waals surface area (Å²) in [6.45, 7) is 0. The molecular formula is C7H6ClNOS. The minimum Gasteiger partial charge on any atom is -0.508 e. The van der Waals surface area contributed by atoms with Crippen LogP contribution >= 0.6 is 23.7 Å². The van der Waals surface area contributed by atoms with Crippen molar-refractivity contribution in [3.8, 4) is 5.75 Å². The number of phenols is 1. The minimum atomic E-state index is 0. The van der Waals surface area contributed by atoms with Gasteiger partial charge in [-0.25, -0.2) is 4.98 Å². The molecule has 1 heterocycles. The van der Waals surface area contributed by atoms with Crippen LogP contribution in [0.2, 0.25) is 0 Å². The molecule has 0 amide bonds. The molecule has 0 saturated heterocycles. The third-order valence-electron chi connectivity index (χ3n) is 1.31. The zero-order valence-electron chi connectivity index (χ0n) is 5.52. The molecular weight excluding hydrogens is 182 g/mol. The van der Waals surface area contributed by atoms with Crippen molar-refractivity contribution in [3.05, 3.63) is 23.7 Å². The molecule has 0 fully saturated rings. The van der Waals surface area contributed by atoms with Crippen molar-refractivity contribution in [2.45, 2.75) is 0 Å². The Hall–Kier alpha value is -0.800. The van der Waals surface area contributed by atoms with Gasteiger partial charge in [0.15, 0.2) is 0 Å². The molecule has 0 spiro atoms. The Morgan fingerprint density at radius 3 is 3.00 bits per heavy atom. The number of benzene rings is 1. The van der Waals surface area contributed by atoms with Gasteiger partial charge < -0.3 is 5.11 Å². The first-order valence-electron chi connectivity index (χ1n) is 2.88. The van der Waals surface area contributed by atoms with Gasteiger partial charge in [-0.1, -0.05) is 0 Å². The van der Waals surface area contributed by atoms with Crippen LogP contribution in [-0.2, 0) is 0 Å². The number of fused-ring (bicyclic) bond motifs is 1. The van der Waals surface area contributed by atoms with Crippen LogP contribution in [0.1, 0.15) is 0 Å². The molecule has 0 saturated carbocycles. The molecule has 0 aliphatic heterocycles. The molecule has 2 rings (SSSR count). The van der Waals surface area contributed by atoms with Crippen molar-refractivity contribution in [2.75, 3.05) is 0 Å². The van der Waals surface area contributed by atoms with Gasteiger partial charge in [0, 0.05) is 6.07 Å². The van der Waals surface area contributed by atoms with Gasteiger partial charge in [-0.05, 0) is 12.1 Å². The summed E-state index contributed by atoms with van der Waals surface area (Å²) in [6.07, 6.45) is 0. The van der Waals surface area contributed by atoms with Crippen molar-refractivity contribution in [1.29, 1.82) is 0 Å². The second-order valence-electron chi connectivity index (χ2n) is 2.00. The second-order valence-corrected chi connectivity index (χ2v) is 2.89. The molecule has 2 aromatic rings. The first-order valence-corrected chi connectivity index (χ1v) is 3.76. The van der Waals surface area contributed by atoms with E-state index < -0.39 is 0 Å². The van der Waals surface area contributed by atoms with Gasteiger partial charge in [0.25, 0.3) is 0 Å². The average molecular weight is 188 g/mol. The molecule has 1 aromatic heterocycles. The summed E-state index contributed by atoms with van der Waals surface area (Å²) in [5.41, 5.74) is 2.63. The lowest BCUT2D eigenvalue weighted by molar-refractivity contribution is 0.476. The number of nitrogens with zero attached hydrogens (tertiary/aromatic N) is 1. The van der Waals surface area contributed by atoms with E-state index in [1.54, 1.807) is 29.0 Å². The number of halogens is 1.